The van der Waals surface area contributed by atoms with E-state index in [2.05, 4.69) is 20.6 Å². The smallest absolute Gasteiger partial charge is 0.224 e. The van der Waals surface area contributed by atoms with Gasteiger partial charge in [0.15, 0.2) is 11.6 Å². The van der Waals surface area contributed by atoms with Crippen LogP contribution in [0.1, 0.15) is 41.6 Å². The van der Waals surface area contributed by atoms with Crippen molar-refractivity contribution in [1.29, 1.82) is 0 Å². The van der Waals surface area contributed by atoms with Crippen molar-refractivity contribution >= 4 is 23.2 Å². The normalized spacial score (nSPS) is 14.6. The SMILES string of the molecule is CCCC(=O)Nc1ccc(F)c(C(=O)C2CNc3ncc(-c4cccnc4)cc32)c1F. The van der Waals surface area contributed by atoms with Gasteiger partial charge in [-0.25, -0.2) is 13.8 Å². The Morgan fingerprint density at radius 2 is 2.03 bits per heavy atom. The van der Waals surface area contributed by atoms with Crippen LogP contribution >= 0.6 is 0 Å². The van der Waals surface area contributed by atoms with Gasteiger partial charge in [-0.15, -0.1) is 0 Å². The first kappa shape index (κ1) is 20.6. The van der Waals surface area contributed by atoms with E-state index in [1.807, 2.05) is 13.0 Å². The molecule has 0 saturated heterocycles. The van der Waals surface area contributed by atoms with E-state index in [1.165, 1.54) is 0 Å². The van der Waals surface area contributed by atoms with Crippen LogP contribution in [0.25, 0.3) is 11.1 Å². The number of hydrogen-bond acceptors (Lipinski definition) is 5. The van der Waals surface area contributed by atoms with Crippen LogP contribution in [-0.4, -0.2) is 28.2 Å². The Labute approximate surface area is 177 Å². The third kappa shape index (κ3) is 4.01. The van der Waals surface area contributed by atoms with Gasteiger partial charge < -0.3 is 10.6 Å². The molecule has 0 aliphatic carbocycles. The highest BCUT2D eigenvalue weighted by Gasteiger charge is 2.34. The molecule has 2 aromatic heterocycles. The lowest BCUT2D eigenvalue weighted by Crippen LogP contribution is -2.20. The molecule has 0 radical (unpaired) electrons. The summed E-state index contributed by atoms with van der Waals surface area (Å²) in [4.78, 5) is 33.5. The fourth-order valence-electron chi connectivity index (χ4n) is 3.62. The second-order valence-electron chi connectivity index (χ2n) is 7.28. The van der Waals surface area contributed by atoms with Crippen molar-refractivity contribution in [3.63, 3.8) is 0 Å². The number of aromatic nitrogens is 2. The summed E-state index contributed by atoms with van der Waals surface area (Å²) in [7, 11) is 0. The molecule has 1 aliphatic heterocycles. The zero-order valence-corrected chi connectivity index (χ0v) is 16.8. The van der Waals surface area contributed by atoms with E-state index in [4.69, 9.17) is 0 Å². The first-order valence-corrected chi connectivity index (χ1v) is 9.95. The average Bonchev–Trinajstić information content (AvgIpc) is 3.20. The fourth-order valence-corrected chi connectivity index (χ4v) is 3.62. The van der Waals surface area contributed by atoms with Crippen LogP contribution in [0.2, 0.25) is 0 Å². The topological polar surface area (TPSA) is 84.0 Å². The van der Waals surface area contributed by atoms with Crippen molar-refractivity contribution in [2.24, 2.45) is 0 Å². The first-order valence-electron chi connectivity index (χ1n) is 9.95. The molecule has 2 N–H and O–H groups in total. The molecule has 1 aromatic carbocycles. The molecule has 0 spiro atoms. The quantitative estimate of drug-likeness (QED) is 0.570. The molecule has 8 heteroatoms. The maximum absolute atomic E-state index is 15.0. The highest BCUT2D eigenvalue weighted by atomic mass is 19.1. The van der Waals surface area contributed by atoms with Gasteiger partial charge in [-0.3, -0.25) is 14.6 Å². The molecule has 4 rings (SSSR count). The van der Waals surface area contributed by atoms with Crippen LogP contribution in [0.3, 0.4) is 0 Å². The number of carbonyl (C=O) groups is 2. The van der Waals surface area contributed by atoms with Crippen molar-refractivity contribution in [2.45, 2.75) is 25.7 Å². The lowest BCUT2D eigenvalue weighted by atomic mass is 9.91. The molecule has 31 heavy (non-hydrogen) atoms. The molecule has 1 unspecified atom stereocenters. The number of halogens is 2. The van der Waals surface area contributed by atoms with Crippen LogP contribution in [0.5, 0.6) is 0 Å². The first-order chi connectivity index (χ1) is 15.0. The van der Waals surface area contributed by atoms with Crippen LogP contribution in [0.4, 0.5) is 20.3 Å². The van der Waals surface area contributed by atoms with E-state index in [1.54, 1.807) is 30.7 Å². The molecular weight excluding hydrogens is 402 g/mol. The summed E-state index contributed by atoms with van der Waals surface area (Å²) in [6.07, 6.45) is 5.75. The second-order valence-corrected chi connectivity index (χ2v) is 7.28. The largest absolute Gasteiger partial charge is 0.369 e. The van der Waals surface area contributed by atoms with Crippen LogP contribution < -0.4 is 10.6 Å². The lowest BCUT2D eigenvalue weighted by Gasteiger charge is -2.14. The number of fused-ring (bicyclic) bond motifs is 1. The van der Waals surface area contributed by atoms with Crippen LogP contribution in [0, 0.1) is 11.6 Å². The van der Waals surface area contributed by atoms with E-state index in [0.29, 0.717) is 17.8 Å². The molecule has 0 saturated carbocycles. The van der Waals surface area contributed by atoms with Crippen molar-refractivity contribution in [1.82, 2.24) is 9.97 Å². The third-order valence-electron chi connectivity index (χ3n) is 5.17. The van der Waals surface area contributed by atoms with Crippen LogP contribution in [0.15, 0.2) is 48.9 Å². The molecule has 0 bridgehead atoms. The van der Waals surface area contributed by atoms with Crippen molar-refractivity contribution in [3.8, 4) is 11.1 Å². The number of Topliss-reactive ketones (excluding diaryl/α,β-unsaturated/α-hetero) is 1. The number of nitrogens with zero attached hydrogens (tertiary/aromatic N) is 2. The van der Waals surface area contributed by atoms with Gasteiger partial charge in [0.05, 0.1) is 17.2 Å². The Bertz CT molecular complexity index is 1150. The summed E-state index contributed by atoms with van der Waals surface area (Å²) < 4.78 is 29.6. The summed E-state index contributed by atoms with van der Waals surface area (Å²) >= 11 is 0. The lowest BCUT2D eigenvalue weighted by molar-refractivity contribution is -0.116. The van der Waals surface area contributed by atoms with Gasteiger partial charge in [0.2, 0.25) is 5.91 Å². The van der Waals surface area contributed by atoms with Gasteiger partial charge in [0.25, 0.3) is 0 Å². The van der Waals surface area contributed by atoms with Crippen LogP contribution in [-0.2, 0) is 4.79 Å². The minimum absolute atomic E-state index is 0.170. The number of anilines is 2. The number of ketones is 1. The summed E-state index contributed by atoms with van der Waals surface area (Å²) in [6, 6.07) is 7.54. The van der Waals surface area contributed by atoms with E-state index in [9.17, 15) is 14.0 Å². The van der Waals surface area contributed by atoms with Gasteiger partial charge in [0, 0.05) is 48.2 Å². The molecule has 3 aromatic rings. The highest BCUT2D eigenvalue weighted by Crippen LogP contribution is 2.36. The van der Waals surface area contributed by atoms with Gasteiger partial charge in [-0.2, -0.15) is 0 Å². The third-order valence-corrected chi connectivity index (χ3v) is 5.17. The fraction of sp³-hybridized carbons (Fsp3) is 0.217. The summed E-state index contributed by atoms with van der Waals surface area (Å²) in [5, 5.41) is 5.43. The van der Waals surface area contributed by atoms with E-state index < -0.39 is 34.8 Å². The minimum atomic E-state index is -1.07. The van der Waals surface area contributed by atoms with Crippen molar-refractivity contribution in [3.05, 3.63) is 71.7 Å². The number of pyridine rings is 2. The molecule has 6 nitrogen and oxygen atoms in total. The molecule has 1 atom stereocenters. The minimum Gasteiger partial charge on any atom is -0.369 e. The molecule has 0 fully saturated rings. The average molecular weight is 422 g/mol. The summed E-state index contributed by atoms with van der Waals surface area (Å²) in [5.74, 6) is -3.47. The zero-order chi connectivity index (χ0) is 22.0. The maximum atomic E-state index is 15.0. The van der Waals surface area contributed by atoms with Gasteiger partial charge in [0.1, 0.15) is 11.6 Å². The predicted molar refractivity (Wildman–Crippen MR) is 113 cm³/mol. The summed E-state index contributed by atoms with van der Waals surface area (Å²) in [6.45, 7) is 1.98. The molecule has 3 heterocycles. The highest BCUT2D eigenvalue weighted by molar-refractivity contribution is 6.04. The number of rotatable bonds is 6. The molecule has 158 valence electrons. The number of amides is 1. The number of carbonyl (C=O) groups excluding carboxylic acids is 2. The Kier molecular flexibility index (Phi) is 5.70. The second kappa shape index (κ2) is 8.59. The van der Waals surface area contributed by atoms with Gasteiger partial charge in [-0.1, -0.05) is 13.0 Å². The molecule has 1 amide bonds. The van der Waals surface area contributed by atoms with Crippen molar-refractivity contribution < 1.29 is 18.4 Å². The zero-order valence-electron chi connectivity index (χ0n) is 16.8. The van der Waals surface area contributed by atoms with E-state index in [0.717, 1.165) is 23.3 Å². The predicted octanol–water partition coefficient (Wildman–Crippen LogP) is 4.55. The Hall–Kier alpha value is -3.68. The number of hydrogen-bond donors (Lipinski definition) is 2. The Morgan fingerprint density at radius 3 is 2.77 bits per heavy atom. The van der Waals surface area contributed by atoms with E-state index in [-0.39, 0.29) is 18.7 Å². The molecular formula is C23H20F2N4O2. The number of benzene rings is 1. The number of nitrogens with one attached hydrogen (secondary N) is 2. The van der Waals surface area contributed by atoms with Gasteiger partial charge in [-0.05, 0) is 30.7 Å². The standard InChI is InChI=1S/C23H20F2N4O2/c1-2-4-19(30)29-18-7-6-17(24)20(21(18)25)22(31)16-12-28-23-15(16)9-14(11-27-23)13-5-3-8-26-10-13/h3,5-11,16H,2,4,12H2,1H3,(H,27,28)(H,29,30). The Morgan fingerprint density at radius 1 is 1.19 bits per heavy atom. The Balaban J connectivity index is 1.68. The molecule has 1 aliphatic rings. The maximum Gasteiger partial charge on any atom is 0.224 e. The summed E-state index contributed by atoms with van der Waals surface area (Å²) in [5.41, 5.74) is 1.24. The monoisotopic (exact) mass is 422 g/mol. The van der Waals surface area contributed by atoms with Gasteiger partial charge >= 0.3 is 0 Å². The van der Waals surface area contributed by atoms with E-state index >= 15 is 4.39 Å². The van der Waals surface area contributed by atoms with Crippen molar-refractivity contribution in [2.75, 3.05) is 17.2 Å².